The number of para-hydroxylation sites is 1. The molecule has 0 fully saturated rings. The zero-order valence-electron chi connectivity index (χ0n) is 18.7. The van der Waals surface area contributed by atoms with Crippen LogP contribution in [0.3, 0.4) is 0 Å². The lowest BCUT2D eigenvalue weighted by Crippen LogP contribution is -2.19. The summed E-state index contributed by atoms with van der Waals surface area (Å²) in [5, 5.41) is 15.5. The fourth-order valence-corrected chi connectivity index (χ4v) is 4.11. The van der Waals surface area contributed by atoms with Gasteiger partial charge in [-0.25, -0.2) is 9.78 Å². The van der Waals surface area contributed by atoms with E-state index in [2.05, 4.69) is 20.6 Å². The second-order valence-corrected chi connectivity index (χ2v) is 8.34. The van der Waals surface area contributed by atoms with Crippen molar-refractivity contribution in [3.8, 4) is 23.1 Å². The number of nitrogens with zero attached hydrogens (tertiary/aromatic N) is 2. The molecular formula is C26H21N5O3S. The van der Waals surface area contributed by atoms with Crippen molar-refractivity contribution >= 4 is 29.2 Å². The molecule has 1 heterocycles. The number of aromatic amines is 1. The molecule has 0 spiro atoms. The van der Waals surface area contributed by atoms with Crippen LogP contribution in [0.15, 0.2) is 88.8 Å². The van der Waals surface area contributed by atoms with Crippen LogP contribution in [0.4, 0.5) is 16.2 Å². The molecule has 1 aromatic heterocycles. The molecule has 3 N–H and O–H groups in total. The van der Waals surface area contributed by atoms with E-state index in [1.807, 2.05) is 42.5 Å². The number of hydrogen-bond donors (Lipinski definition) is 3. The molecule has 3 aromatic carbocycles. The first-order valence-corrected chi connectivity index (χ1v) is 11.6. The van der Waals surface area contributed by atoms with E-state index in [9.17, 15) is 14.9 Å². The molecule has 0 saturated carbocycles. The van der Waals surface area contributed by atoms with Crippen LogP contribution in [0.2, 0.25) is 0 Å². The minimum absolute atomic E-state index is 0.0572. The molecular weight excluding hydrogens is 462 g/mol. The lowest BCUT2D eigenvalue weighted by molar-refractivity contribution is 0.262. The molecule has 0 bridgehead atoms. The Morgan fingerprint density at radius 1 is 1.03 bits per heavy atom. The van der Waals surface area contributed by atoms with E-state index in [0.29, 0.717) is 39.3 Å². The number of H-pyrrole nitrogens is 1. The first-order valence-electron chi connectivity index (χ1n) is 10.6. The van der Waals surface area contributed by atoms with E-state index in [-0.39, 0.29) is 11.6 Å². The van der Waals surface area contributed by atoms with Crippen LogP contribution in [0.25, 0.3) is 11.3 Å². The van der Waals surface area contributed by atoms with Crippen LogP contribution in [0.1, 0.15) is 11.1 Å². The fraction of sp³-hybridized carbons (Fsp3) is 0.0769. The molecule has 8 nitrogen and oxygen atoms in total. The molecule has 0 saturated heterocycles. The predicted molar refractivity (Wildman–Crippen MR) is 137 cm³/mol. The molecule has 0 unspecified atom stereocenters. The maximum absolute atomic E-state index is 12.5. The van der Waals surface area contributed by atoms with Gasteiger partial charge in [-0.1, -0.05) is 54.2 Å². The maximum Gasteiger partial charge on any atom is 0.323 e. The number of nitrogens with one attached hydrogen (secondary N) is 3. The largest absolute Gasteiger partial charge is 0.497 e. The number of urea groups is 1. The third-order valence-electron chi connectivity index (χ3n) is 4.94. The average molecular weight is 484 g/mol. The van der Waals surface area contributed by atoms with Crippen molar-refractivity contribution in [2.24, 2.45) is 0 Å². The van der Waals surface area contributed by atoms with E-state index in [4.69, 9.17) is 4.74 Å². The topological polar surface area (TPSA) is 120 Å². The number of rotatable bonds is 7. The Morgan fingerprint density at radius 3 is 2.54 bits per heavy atom. The normalized spacial score (nSPS) is 10.3. The Bertz CT molecular complexity index is 1450. The number of thioether (sulfide) groups is 1. The summed E-state index contributed by atoms with van der Waals surface area (Å²) >= 11 is 1.32. The zero-order valence-corrected chi connectivity index (χ0v) is 19.6. The molecule has 35 heavy (non-hydrogen) atoms. The van der Waals surface area contributed by atoms with Gasteiger partial charge in [-0.15, -0.1) is 0 Å². The van der Waals surface area contributed by atoms with Crippen LogP contribution in [-0.4, -0.2) is 23.1 Å². The lowest BCUT2D eigenvalue weighted by Gasteiger charge is -2.10. The molecule has 0 aliphatic rings. The Hall–Kier alpha value is -4.55. The summed E-state index contributed by atoms with van der Waals surface area (Å²) in [7, 11) is 1.55. The Kier molecular flexibility index (Phi) is 7.45. The number of amides is 2. The van der Waals surface area contributed by atoms with Crippen molar-refractivity contribution in [2.45, 2.75) is 10.9 Å². The molecule has 0 aliphatic carbocycles. The third kappa shape index (κ3) is 6.07. The zero-order chi connectivity index (χ0) is 24.6. The first-order chi connectivity index (χ1) is 17.1. The Morgan fingerprint density at radius 2 is 1.77 bits per heavy atom. The predicted octanol–water partition coefficient (Wildman–Crippen LogP) is 5.25. The smallest absolute Gasteiger partial charge is 0.323 e. The molecule has 9 heteroatoms. The highest BCUT2D eigenvalue weighted by Gasteiger charge is 2.14. The molecule has 0 radical (unpaired) electrons. The van der Waals surface area contributed by atoms with Crippen LogP contribution in [0.5, 0.6) is 5.75 Å². The fourth-order valence-electron chi connectivity index (χ4n) is 3.31. The van der Waals surface area contributed by atoms with E-state index in [1.165, 1.54) is 11.8 Å². The first kappa shape index (κ1) is 23.6. The summed E-state index contributed by atoms with van der Waals surface area (Å²) < 4.78 is 5.25. The van der Waals surface area contributed by atoms with Crippen molar-refractivity contribution in [2.75, 3.05) is 17.7 Å². The maximum atomic E-state index is 12.5. The number of carbonyl (C=O) groups excluding carboxylic acids is 1. The van der Waals surface area contributed by atoms with Gasteiger partial charge in [-0.3, -0.25) is 4.79 Å². The van der Waals surface area contributed by atoms with Gasteiger partial charge in [0.15, 0.2) is 5.16 Å². The number of hydrogen-bond acceptors (Lipinski definition) is 6. The Labute approximate surface area is 206 Å². The van der Waals surface area contributed by atoms with Gasteiger partial charge in [0.2, 0.25) is 0 Å². The highest BCUT2D eigenvalue weighted by Crippen LogP contribution is 2.27. The number of carbonyl (C=O) groups is 1. The summed E-state index contributed by atoms with van der Waals surface area (Å²) in [5.41, 5.74) is 2.60. The van der Waals surface area contributed by atoms with Gasteiger partial charge < -0.3 is 20.4 Å². The number of aromatic nitrogens is 2. The van der Waals surface area contributed by atoms with Gasteiger partial charge in [0.05, 0.1) is 12.8 Å². The van der Waals surface area contributed by atoms with Crippen molar-refractivity contribution in [3.05, 3.63) is 100 Å². The second-order valence-electron chi connectivity index (χ2n) is 7.37. The van der Waals surface area contributed by atoms with Crippen molar-refractivity contribution < 1.29 is 9.53 Å². The average Bonchev–Trinajstić information content (AvgIpc) is 2.88. The van der Waals surface area contributed by atoms with Gasteiger partial charge in [0, 0.05) is 22.7 Å². The molecule has 0 aliphatic heterocycles. The molecule has 4 rings (SSSR count). The lowest BCUT2D eigenvalue weighted by atomic mass is 10.1. The van der Waals surface area contributed by atoms with Crippen LogP contribution < -0.4 is 20.9 Å². The van der Waals surface area contributed by atoms with Crippen LogP contribution in [-0.2, 0) is 5.75 Å². The molecule has 174 valence electrons. The van der Waals surface area contributed by atoms with Gasteiger partial charge >= 0.3 is 6.03 Å². The van der Waals surface area contributed by atoms with Crippen molar-refractivity contribution in [1.29, 1.82) is 5.26 Å². The van der Waals surface area contributed by atoms with Crippen LogP contribution >= 0.6 is 11.8 Å². The minimum atomic E-state index is -0.504. The highest BCUT2D eigenvalue weighted by atomic mass is 32.2. The standard InChI is InChI=1S/C26H21N5O3S/c1-34-21-12-6-8-18(14-21)23-22(15-27)24(32)31-26(30-23)35-16-17-7-5-11-20(13-17)29-25(33)28-19-9-3-2-4-10-19/h2-14H,16H2,1H3,(H2,28,29,33)(H,30,31,32). The SMILES string of the molecule is COc1cccc(-c2nc(SCc3cccc(NC(=O)Nc4ccccc4)c3)[nH]c(=O)c2C#N)c1. The van der Waals surface area contributed by atoms with Crippen molar-refractivity contribution in [1.82, 2.24) is 9.97 Å². The number of anilines is 2. The molecule has 4 aromatic rings. The second kappa shape index (κ2) is 11.0. The quantitative estimate of drug-likeness (QED) is 0.244. The summed E-state index contributed by atoms with van der Waals surface area (Å²) in [6.45, 7) is 0. The van der Waals surface area contributed by atoms with Gasteiger partial charge in [-0.05, 0) is 42.0 Å². The number of methoxy groups -OCH3 is 1. The summed E-state index contributed by atoms with van der Waals surface area (Å²) in [6.07, 6.45) is 0. The Balaban J connectivity index is 1.49. The highest BCUT2D eigenvalue weighted by molar-refractivity contribution is 7.98. The monoisotopic (exact) mass is 483 g/mol. The van der Waals surface area contributed by atoms with E-state index in [1.54, 1.807) is 49.6 Å². The number of ether oxygens (including phenoxy) is 1. The number of nitriles is 1. The summed E-state index contributed by atoms with van der Waals surface area (Å²) in [5.74, 6) is 1.09. The minimum Gasteiger partial charge on any atom is -0.497 e. The molecule has 0 atom stereocenters. The van der Waals surface area contributed by atoms with Gasteiger partial charge in [0.25, 0.3) is 5.56 Å². The summed E-state index contributed by atoms with van der Waals surface area (Å²) in [4.78, 5) is 32.0. The molecule has 2 amide bonds. The van der Waals surface area contributed by atoms with Gasteiger partial charge in [0.1, 0.15) is 17.4 Å². The van der Waals surface area contributed by atoms with Gasteiger partial charge in [-0.2, -0.15) is 5.26 Å². The third-order valence-corrected chi connectivity index (χ3v) is 5.89. The van der Waals surface area contributed by atoms with E-state index in [0.717, 1.165) is 5.56 Å². The number of benzene rings is 3. The summed E-state index contributed by atoms with van der Waals surface area (Å²) in [6, 6.07) is 25.2. The van der Waals surface area contributed by atoms with Crippen molar-refractivity contribution in [3.63, 3.8) is 0 Å². The van der Waals surface area contributed by atoms with E-state index >= 15 is 0 Å². The van der Waals surface area contributed by atoms with E-state index < -0.39 is 5.56 Å². The van der Waals surface area contributed by atoms with Crippen LogP contribution in [0, 0.1) is 11.3 Å².